The van der Waals surface area contributed by atoms with Gasteiger partial charge in [0.25, 0.3) is 0 Å². The lowest BCUT2D eigenvalue weighted by molar-refractivity contribution is -0.302. The molecular formula is C60H117NO8. The summed E-state index contributed by atoms with van der Waals surface area (Å²) in [6, 6.07) is -0.801. The van der Waals surface area contributed by atoms with E-state index < -0.39 is 49.5 Å². The van der Waals surface area contributed by atoms with Gasteiger partial charge in [0.1, 0.15) is 24.4 Å². The first-order chi connectivity index (χ1) is 33.8. The number of aliphatic hydroxyl groups excluding tert-OH is 5. The van der Waals surface area contributed by atoms with Gasteiger partial charge in [-0.2, -0.15) is 0 Å². The quantitative estimate of drug-likeness (QED) is 0.0261. The van der Waals surface area contributed by atoms with Gasteiger partial charge in [-0.1, -0.05) is 296 Å². The zero-order valence-corrected chi connectivity index (χ0v) is 45.6. The molecule has 0 radical (unpaired) electrons. The summed E-state index contributed by atoms with van der Waals surface area (Å²) in [5, 5.41) is 54.6. The van der Waals surface area contributed by atoms with E-state index in [9.17, 15) is 30.3 Å². The maximum Gasteiger partial charge on any atom is 0.220 e. The number of carbonyl (C=O) groups excluding carboxylic acids is 1. The van der Waals surface area contributed by atoms with Crippen molar-refractivity contribution in [1.29, 1.82) is 0 Å². The van der Waals surface area contributed by atoms with Crippen molar-refractivity contribution in [3.63, 3.8) is 0 Å². The normalized spacial score (nSPS) is 19.4. The molecule has 410 valence electrons. The third kappa shape index (κ3) is 40.1. The molecule has 0 saturated carbocycles. The number of hydrogen-bond donors (Lipinski definition) is 6. The van der Waals surface area contributed by atoms with Gasteiger partial charge in [0.15, 0.2) is 6.29 Å². The van der Waals surface area contributed by atoms with Crippen LogP contribution in [0.2, 0.25) is 0 Å². The number of amides is 1. The van der Waals surface area contributed by atoms with Crippen molar-refractivity contribution in [1.82, 2.24) is 5.32 Å². The molecule has 1 saturated heterocycles. The van der Waals surface area contributed by atoms with Crippen molar-refractivity contribution in [3.8, 4) is 0 Å². The second-order valence-corrected chi connectivity index (χ2v) is 21.5. The van der Waals surface area contributed by atoms with Crippen molar-refractivity contribution < 1.29 is 39.8 Å². The van der Waals surface area contributed by atoms with Crippen LogP contribution >= 0.6 is 0 Å². The van der Waals surface area contributed by atoms with Gasteiger partial charge in [0.05, 0.1) is 25.4 Å². The summed E-state index contributed by atoms with van der Waals surface area (Å²) in [7, 11) is 0. The standard InChI is InChI=1S/C60H117NO8/c1-3-5-7-9-11-13-15-17-19-21-23-25-26-27-28-30-31-33-35-37-39-41-43-45-47-49-54(63)53(52-68-60-59(67)58(66)57(65)55(51-62)69-60)61-56(64)50-48-46-44-42-40-38-36-34-32-29-24-22-20-18-16-14-12-10-8-6-4-2/h47,49,53-55,57-60,62-63,65-67H,3-46,48,50-52H2,1-2H3,(H,61,64)/b49-47+. The number of rotatable bonds is 53. The van der Waals surface area contributed by atoms with Crippen LogP contribution in [0.5, 0.6) is 0 Å². The van der Waals surface area contributed by atoms with Crippen LogP contribution in [0, 0.1) is 0 Å². The van der Waals surface area contributed by atoms with Crippen molar-refractivity contribution in [2.45, 2.75) is 352 Å². The van der Waals surface area contributed by atoms with Crippen LogP contribution in [0.4, 0.5) is 0 Å². The third-order valence-corrected chi connectivity index (χ3v) is 14.9. The predicted octanol–water partition coefficient (Wildman–Crippen LogP) is 15.2. The lowest BCUT2D eigenvalue weighted by Crippen LogP contribution is -2.60. The zero-order chi connectivity index (χ0) is 50.1. The average Bonchev–Trinajstić information content (AvgIpc) is 3.35. The minimum atomic E-state index is -1.56. The molecule has 6 N–H and O–H groups in total. The van der Waals surface area contributed by atoms with E-state index in [0.29, 0.717) is 6.42 Å². The van der Waals surface area contributed by atoms with Gasteiger partial charge >= 0.3 is 0 Å². The highest BCUT2D eigenvalue weighted by molar-refractivity contribution is 5.76. The second-order valence-electron chi connectivity index (χ2n) is 21.5. The van der Waals surface area contributed by atoms with E-state index in [1.54, 1.807) is 6.08 Å². The first-order valence-electron chi connectivity index (χ1n) is 30.4. The van der Waals surface area contributed by atoms with Crippen LogP contribution in [0.25, 0.3) is 0 Å². The van der Waals surface area contributed by atoms with E-state index in [1.165, 1.54) is 250 Å². The van der Waals surface area contributed by atoms with Crippen LogP contribution in [-0.4, -0.2) is 87.5 Å². The lowest BCUT2D eigenvalue weighted by Gasteiger charge is -2.40. The largest absolute Gasteiger partial charge is 0.394 e. The molecule has 1 rings (SSSR count). The van der Waals surface area contributed by atoms with Crippen molar-refractivity contribution in [2.75, 3.05) is 13.2 Å². The Bertz CT molecular complexity index is 1090. The zero-order valence-electron chi connectivity index (χ0n) is 45.6. The second kappa shape index (κ2) is 50.5. The van der Waals surface area contributed by atoms with Gasteiger partial charge in [-0.25, -0.2) is 0 Å². The Morgan fingerprint density at radius 3 is 1.13 bits per heavy atom. The topological polar surface area (TPSA) is 149 Å². The lowest BCUT2D eigenvalue weighted by atomic mass is 9.99. The monoisotopic (exact) mass is 980 g/mol. The molecule has 9 nitrogen and oxygen atoms in total. The molecule has 0 spiro atoms. The van der Waals surface area contributed by atoms with E-state index in [1.807, 2.05) is 6.08 Å². The third-order valence-electron chi connectivity index (χ3n) is 14.9. The fraction of sp³-hybridized carbons (Fsp3) is 0.950. The van der Waals surface area contributed by atoms with Crippen molar-refractivity contribution in [3.05, 3.63) is 12.2 Å². The molecule has 0 bridgehead atoms. The molecule has 69 heavy (non-hydrogen) atoms. The van der Waals surface area contributed by atoms with Gasteiger partial charge in [0.2, 0.25) is 5.91 Å². The number of ether oxygens (including phenoxy) is 2. The summed E-state index contributed by atoms with van der Waals surface area (Å²) in [5.74, 6) is -0.169. The summed E-state index contributed by atoms with van der Waals surface area (Å²) in [5.41, 5.74) is 0. The molecular weight excluding hydrogens is 863 g/mol. The molecule has 1 aliphatic rings. The predicted molar refractivity (Wildman–Crippen MR) is 291 cm³/mol. The number of allylic oxidation sites excluding steroid dienone is 1. The fourth-order valence-corrected chi connectivity index (χ4v) is 10.0. The molecule has 0 aromatic carbocycles. The maximum atomic E-state index is 13.1. The molecule has 7 atom stereocenters. The molecule has 1 aliphatic heterocycles. The van der Waals surface area contributed by atoms with Crippen LogP contribution in [0.1, 0.15) is 309 Å². The first kappa shape index (κ1) is 65.9. The molecule has 0 aromatic rings. The molecule has 7 unspecified atom stereocenters. The minimum Gasteiger partial charge on any atom is -0.394 e. The summed E-state index contributed by atoms with van der Waals surface area (Å²) < 4.78 is 11.3. The number of carbonyl (C=O) groups is 1. The van der Waals surface area contributed by atoms with Gasteiger partial charge in [-0.05, 0) is 19.3 Å². The first-order valence-corrected chi connectivity index (χ1v) is 30.4. The summed E-state index contributed by atoms with van der Waals surface area (Å²) >= 11 is 0. The van der Waals surface area contributed by atoms with Gasteiger partial charge in [-0.3, -0.25) is 4.79 Å². The summed E-state index contributed by atoms with van der Waals surface area (Å²) in [6.45, 7) is 3.83. The maximum absolute atomic E-state index is 13.1. The highest BCUT2D eigenvalue weighted by Crippen LogP contribution is 2.23. The molecule has 1 fully saturated rings. The minimum absolute atomic E-state index is 0.169. The molecule has 0 aliphatic carbocycles. The smallest absolute Gasteiger partial charge is 0.220 e. The fourth-order valence-electron chi connectivity index (χ4n) is 10.0. The Hall–Kier alpha value is -1.07. The van der Waals surface area contributed by atoms with Crippen molar-refractivity contribution in [2.24, 2.45) is 0 Å². The average molecular weight is 981 g/mol. The Balaban J connectivity index is 2.19. The van der Waals surface area contributed by atoms with Crippen LogP contribution in [0.3, 0.4) is 0 Å². The summed E-state index contributed by atoms with van der Waals surface area (Å²) in [4.78, 5) is 13.1. The Morgan fingerprint density at radius 2 is 0.797 bits per heavy atom. The van der Waals surface area contributed by atoms with E-state index in [-0.39, 0.29) is 12.5 Å². The van der Waals surface area contributed by atoms with Gasteiger partial charge in [-0.15, -0.1) is 0 Å². The van der Waals surface area contributed by atoms with Crippen LogP contribution in [0.15, 0.2) is 12.2 Å². The number of nitrogens with one attached hydrogen (secondary N) is 1. The van der Waals surface area contributed by atoms with E-state index in [4.69, 9.17) is 9.47 Å². The molecule has 1 amide bonds. The van der Waals surface area contributed by atoms with Crippen LogP contribution < -0.4 is 5.32 Å². The van der Waals surface area contributed by atoms with E-state index >= 15 is 0 Å². The summed E-state index contributed by atoms with van der Waals surface area (Å²) in [6.07, 6.45) is 55.7. The van der Waals surface area contributed by atoms with Crippen LogP contribution in [-0.2, 0) is 14.3 Å². The Morgan fingerprint density at radius 1 is 0.478 bits per heavy atom. The Labute approximate surface area is 426 Å². The highest BCUT2D eigenvalue weighted by atomic mass is 16.7. The molecule has 0 aromatic heterocycles. The molecule has 9 heteroatoms. The SMILES string of the molecule is CCCCCCCCCCCCCCCCCCCCCCCCC/C=C/C(O)C(COC1OC(CO)C(O)C(O)C1O)NC(=O)CCCCCCCCCCCCCCCCCCCCCCC. The van der Waals surface area contributed by atoms with E-state index in [2.05, 4.69) is 19.2 Å². The number of hydrogen-bond acceptors (Lipinski definition) is 8. The number of unbranched alkanes of at least 4 members (excludes halogenated alkanes) is 43. The number of aliphatic hydroxyl groups is 5. The van der Waals surface area contributed by atoms with Gasteiger partial charge in [0, 0.05) is 6.42 Å². The van der Waals surface area contributed by atoms with Gasteiger partial charge < -0.3 is 40.3 Å². The Kier molecular flexibility index (Phi) is 48.2. The molecule has 1 heterocycles. The highest BCUT2D eigenvalue weighted by Gasteiger charge is 2.44. The van der Waals surface area contributed by atoms with E-state index in [0.717, 1.165) is 38.5 Å². The van der Waals surface area contributed by atoms with Crippen molar-refractivity contribution >= 4 is 5.91 Å².